The fraction of sp³-hybridized carbons (Fsp3) is 0.455. The molecule has 0 aliphatic heterocycles. The Balaban J connectivity index is 2.17. The topological polar surface area (TPSA) is 63.1 Å². The van der Waals surface area contributed by atoms with E-state index in [1.807, 2.05) is 40.7 Å². The highest BCUT2D eigenvalue weighted by molar-refractivity contribution is 5.98. The van der Waals surface area contributed by atoms with Gasteiger partial charge in [0.05, 0.1) is 12.1 Å². The summed E-state index contributed by atoms with van der Waals surface area (Å²) in [5.74, 6) is 0.0395. The molecule has 2 N–H and O–H groups in total. The molecule has 0 fully saturated rings. The van der Waals surface area contributed by atoms with Crippen LogP contribution in [0.2, 0.25) is 0 Å². The Morgan fingerprint density at radius 3 is 2.19 bits per heavy atom. The smallest absolute Gasteiger partial charge is 0.253 e. The van der Waals surface area contributed by atoms with Gasteiger partial charge in [0.1, 0.15) is 0 Å². The van der Waals surface area contributed by atoms with Crippen molar-refractivity contribution in [1.82, 2.24) is 15.2 Å². The molecule has 0 saturated carbocycles. The van der Waals surface area contributed by atoms with E-state index in [2.05, 4.69) is 53.3 Å². The molecule has 1 heterocycles. The van der Waals surface area contributed by atoms with Gasteiger partial charge < -0.3 is 15.2 Å². The molecule has 27 heavy (non-hydrogen) atoms. The van der Waals surface area contributed by atoms with Gasteiger partial charge in [-0.25, -0.2) is 0 Å². The van der Waals surface area contributed by atoms with Gasteiger partial charge in [0, 0.05) is 22.6 Å². The van der Waals surface area contributed by atoms with Crippen molar-refractivity contribution in [2.45, 2.75) is 59.9 Å². The highest BCUT2D eigenvalue weighted by Crippen LogP contribution is 2.23. The van der Waals surface area contributed by atoms with Gasteiger partial charge >= 0.3 is 0 Å². The van der Waals surface area contributed by atoms with Crippen molar-refractivity contribution in [3.05, 3.63) is 52.8 Å². The maximum Gasteiger partial charge on any atom is 0.253 e. The van der Waals surface area contributed by atoms with Crippen LogP contribution in [0.25, 0.3) is 5.69 Å². The van der Waals surface area contributed by atoms with E-state index in [-0.39, 0.29) is 23.9 Å². The Morgan fingerprint density at radius 1 is 1.07 bits per heavy atom. The van der Waals surface area contributed by atoms with Gasteiger partial charge in [0.15, 0.2) is 0 Å². The summed E-state index contributed by atoms with van der Waals surface area (Å²) in [6.45, 7) is 13.9. The third-order valence-corrected chi connectivity index (χ3v) is 4.42. The average Bonchev–Trinajstić information content (AvgIpc) is 2.86. The molecule has 2 rings (SSSR count). The van der Waals surface area contributed by atoms with Crippen LogP contribution in [0.4, 0.5) is 0 Å². The summed E-state index contributed by atoms with van der Waals surface area (Å²) in [7, 11) is 0. The maximum absolute atomic E-state index is 12.6. The van der Waals surface area contributed by atoms with Crippen LogP contribution < -0.4 is 10.6 Å². The molecule has 0 bridgehead atoms. The van der Waals surface area contributed by atoms with Gasteiger partial charge in [-0.3, -0.25) is 9.59 Å². The van der Waals surface area contributed by atoms with Crippen LogP contribution in [0.3, 0.4) is 0 Å². The molecular formula is C22H31N3O2. The van der Waals surface area contributed by atoms with Crippen molar-refractivity contribution in [3.63, 3.8) is 0 Å². The molecule has 0 aliphatic rings. The first-order valence-corrected chi connectivity index (χ1v) is 9.38. The number of hydrogen-bond acceptors (Lipinski definition) is 2. The van der Waals surface area contributed by atoms with Gasteiger partial charge in [-0.2, -0.15) is 0 Å². The van der Waals surface area contributed by atoms with Crippen molar-refractivity contribution in [2.24, 2.45) is 0 Å². The van der Waals surface area contributed by atoms with Crippen LogP contribution in [0.15, 0.2) is 30.3 Å². The Labute approximate surface area is 162 Å². The zero-order valence-corrected chi connectivity index (χ0v) is 17.4. The first kappa shape index (κ1) is 20.7. The van der Waals surface area contributed by atoms with Crippen molar-refractivity contribution < 1.29 is 9.59 Å². The summed E-state index contributed by atoms with van der Waals surface area (Å²) in [6.07, 6.45) is 0. The molecule has 146 valence electrons. The van der Waals surface area contributed by atoms with E-state index in [9.17, 15) is 9.59 Å². The number of nitrogens with zero attached hydrogens (tertiary/aromatic N) is 1. The number of nitrogens with one attached hydrogen (secondary N) is 2. The van der Waals surface area contributed by atoms with E-state index in [1.165, 1.54) is 5.56 Å². The molecule has 5 nitrogen and oxygen atoms in total. The lowest BCUT2D eigenvalue weighted by Crippen LogP contribution is -2.45. The fourth-order valence-corrected chi connectivity index (χ4v) is 3.12. The van der Waals surface area contributed by atoms with E-state index in [0.29, 0.717) is 11.5 Å². The number of carbonyl (C=O) groups is 2. The molecule has 1 aromatic carbocycles. The summed E-state index contributed by atoms with van der Waals surface area (Å²) in [4.78, 5) is 24.5. The summed E-state index contributed by atoms with van der Waals surface area (Å²) >= 11 is 0. The molecule has 1 aromatic heterocycles. The highest BCUT2D eigenvalue weighted by Gasteiger charge is 2.19. The van der Waals surface area contributed by atoms with Crippen LogP contribution in [0.5, 0.6) is 0 Å². The van der Waals surface area contributed by atoms with Gasteiger partial charge in [-0.15, -0.1) is 0 Å². The number of amides is 2. The van der Waals surface area contributed by atoms with E-state index < -0.39 is 0 Å². The third kappa shape index (κ3) is 5.22. The standard InChI is InChI=1S/C22H31N3O2/c1-14(2)17-8-10-18(11-9-17)25-15(3)12-19(16(25)4)21(27)23-13-20(26)24-22(5,6)7/h8-12,14H,13H2,1-7H3,(H,23,27)(H,24,26). The zero-order valence-electron chi connectivity index (χ0n) is 17.4. The van der Waals surface area contributed by atoms with E-state index in [1.54, 1.807) is 0 Å². The molecule has 0 unspecified atom stereocenters. The highest BCUT2D eigenvalue weighted by atomic mass is 16.2. The second kappa shape index (κ2) is 7.99. The summed E-state index contributed by atoms with van der Waals surface area (Å²) in [5.41, 5.74) is 4.42. The number of benzene rings is 1. The van der Waals surface area contributed by atoms with Crippen LogP contribution >= 0.6 is 0 Å². The molecule has 0 aliphatic carbocycles. The Hall–Kier alpha value is -2.56. The van der Waals surface area contributed by atoms with Crippen molar-refractivity contribution in [1.29, 1.82) is 0 Å². The second-order valence-corrected chi connectivity index (χ2v) is 8.35. The molecule has 0 saturated heterocycles. The monoisotopic (exact) mass is 369 g/mol. The zero-order chi connectivity index (χ0) is 20.4. The van der Waals surface area contributed by atoms with E-state index >= 15 is 0 Å². The van der Waals surface area contributed by atoms with E-state index in [0.717, 1.165) is 17.1 Å². The predicted molar refractivity (Wildman–Crippen MR) is 110 cm³/mol. The van der Waals surface area contributed by atoms with Crippen molar-refractivity contribution in [2.75, 3.05) is 6.54 Å². The SMILES string of the molecule is Cc1cc(C(=O)NCC(=O)NC(C)(C)C)c(C)n1-c1ccc(C(C)C)cc1. The molecule has 5 heteroatoms. The minimum atomic E-state index is -0.320. The molecule has 2 amide bonds. The van der Waals surface area contributed by atoms with Crippen molar-refractivity contribution in [3.8, 4) is 5.69 Å². The van der Waals surface area contributed by atoms with Gasteiger partial charge in [-0.05, 0) is 64.3 Å². The molecule has 2 aromatic rings. The number of carbonyl (C=O) groups excluding carboxylic acids is 2. The Morgan fingerprint density at radius 2 is 1.67 bits per heavy atom. The predicted octanol–water partition coefficient (Wildman–Crippen LogP) is 3.86. The Kier molecular flexibility index (Phi) is 6.14. The van der Waals surface area contributed by atoms with Gasteiger partial charge in [-0.1, -0.05) is 26.0 Å². The number of aromatic nitrogens is 1. The van der Waals surface area contributed by atoms with Crippen molar-refractivity contribution >= 4 is 11.8 Å². The van der Waals surface area contributed by atoms with Crippen LogP contribution in [0.1, 0.15) is 67.8 Å². The van der Waals surface area contributed by atoms with Gasteiger partial charge in [0.25, 0.3) is 5.91 Å². The largest absolute Gasteiger partial charge is 0.350 e. The molecule has 0 radical (unpaired) electrons. The molecule has 0 spiro atoms. The lowest BCUT2D eigenvalue weighted by Gasteiger charge is -2.20. The van der Waals surface area contributed by atoms with Crippen LogP contribution in [0, 0.1) is 13.8 Å². The lowest BCUT2D eigenvalue weighted by molar-refractivity contribution is -0.121. The number of rotatable bonds is 5. The summed E-state index contributed by atoms with van der Waals surface area (Å²) in [5, 5.41) is 5.55. The first-order valence-electron chi connectivity index (χ1n) is 9.38. The van der Waals surface area contributed by atoms with E-state index in [4.69, 9.17) is 0 Å². The molecule has 0 atom stereocenters. The first-order chi connectivity index (χ1) is 12.5. The quantitative estimate of drug-likeness (QED) is 0.840. The average molecular weight is 370 g/mol. The minimum Gasteiger partial charge on any atom is -0.350 e. The fourth-order valence-electron chi connectivity index (χ4n) is 3.12. The van der Waals surface area contributed by atoms with Gasteiger partial charge in [0.2, 0.25) is 5.91 Å². The lowest BCUT2D eigenvalue weighted by atomic mass is 10.0. The normalized spacial score (nSPS) is 11.6. The maximum atomic E-state index is 12.6. The van der Waals surface area contributed by atoms with Crippen LogP contribution in [-0.2, 0) is 4.79 Å². The Bertz CT molecular complexity index is 824. The number of hydrogen-bond donors (Lipinski definition) is 2. The van der Waals surface area contributed by atoms with Crippen LogP contribution in [-0.4, -0.2) is 28.5 Å². The molecular weight excluding hydrogens is 338 g/mol. The minimum absolute atomic E-state index is 0.0388. The third-order valence-electron chi connectivity index (χ3n) is 4.42. The summed E-state index contributed by atoms with van der Waals surface area (Å²) in [6, 6.07) is 10.3. The number of aryl methyl sites for hydroxylation is 1. The second-order valence-electron chi connectivity index (χ2n) is 8.35. The summed E-state index contributed by atoms with van der Waals surface area (Å²) < 4.78 is 2.06.